The minimum atomic E-state index is -4.64. The first-order valence-electron chi connectivity index (χ1n) is 34.7. The zero-order chi connectivity index (χ0) is 78.0. The van der Waals surface area contributed by atoms with Crippen LogP contribution in [-0.4, -0.2) is 167 Å². The molecule has 13 aromatic rings. The Balaban J connectivity index is 0.000000146. The van der Waals surface area contributed by atoms with Crippen LogP contribution in [0.15, 0.2) is 190 Å². The Hall–Kier alpha value is -10.1. The number of aromatic amines is 1. The van der Waals surface area contributed by atoms with E-state index in [9.17, 15) is 61.6 Å². The average molecular weight is 1700 g/mol. The molecule has 0 radical (unpaired) electrons. The van der Waals surface area contributed by atoms with E-state index < -0.39 is 40.7 Å². The van der Waals surface area contributed by atoms with Gasteiger partial charge in [-0.25, -0.2) is 29.1 Å². The molecule has 0 saturated carbocycles. The van der Waals surface area contributed by atoms with E-state index in [1.54, 1.807) is 9.80 Å². The Labute approximate surface area is 663 Å². The number of aliphatic hydroxyl groups is 3. The predicted octanol–water partition coefficient (Wildman–Crippen LogP) is 8.04. The smallest absolute Gasteiger partial charge is 0.446 e. The Morgan fingerprint density at radius 3 is 1.16 bits per heavy atom. The number of H-pyrrole nitrogens is 1. The highest BCUT2D eigenvalue weighted by molar-refractivity contribution is 7.14. The van der Waals surface area contributed by atoms with Gasteiger partial charge < -0.3 is 64.1 Å². The van der Waals surface area contributed by atoms with Crippen LogP contribution in [0.1, 0.15) is 69.7 Å². The molecule has 5 N–H and O–H groups in total. The largest absolute Gasteiger partial charge is 1.00 e. The van der Waals surface area contributed by atoms with E-state index in [1.807, 2.05) is 142 Å². The normalized spacial score (nSPS) is 15.1. The van der Waals surface area contributed by atoms with Gasteiger partial charge in [0.2, 0.25) is 6.29 Å². The topological polar surface area (TPSA) is 342 Å². The van der Waals surface area contributed by atoms with Crippen molar-refractivity contribution in [2.45, 2.75) is 108 Å². The van der Waals surface area contributed by atoms with E-state index in [1.165, 1.54) is 86.3 Å². The Morgan fingerprint density at radius 1 is 0.495 bits per heavy atom. The number of rotatable bonds is 11. The number of fused-ring (bicyclic) bond motifs is 4. The summed E-state index contributed by atoms with van der Waals surface area (Å²) in [5, 5.41) is 36.1. The van der Waals surface area contributed by atoms with Crippen molar-refractivity contribution >= 4 is 105 Å². The summed E-state index contributed by atoms with van der Waals surface area (Å²) in [7, 11) is 0. The van der Waals surface area contributed by atoms with Gasteiger partial charge in [0, 0.05) is 54.0 Å². The van der Waals surface area contributed by atoms with Gasteiger partial charge in [-0.2, -0.15) is 30.7 Å². The molecule has 0 unspecified atom stereocenters. The van der Waals surface area contributed by atoms with Gasteiger partial charge in [-0.15, -0.1) is 0 Å². The molecule has 3 fully saturated rings. The number of ether oxygens (including phenoxy) is 1. The molecule has 35 heteroatoms. The summed E-state index contributed by atoms with van der Waals surface area (Å²) in [4.78, 5) is 107. The van der Waals surface area contributed by atoms with Crippen LogP contribution in [0, 0.1) is 5.82 Å². The van der Waals surface area contributed by atoms with Crippen LogP contribution in [0.25, 0.3) is 85.9 Å². The molecule has 26 nitrogen and oxygen atoms in total. The van der Waals surface area contributed by atoms with Gasteiger partial charge in [-0.05, 0) is 143 Å². The van der Waals surface area contributed by atoms with Crippen LogP contribution in [0.4, 0.5) is 22.4 Å². The van der Waals surface area contributed by atoms with Gasteiger partial charge in [-0.1, -0.05) is 121 Å². The molecular weight excluding hydrogens is 1630 g/mol. The number of likely N-dealkylation sites (tertiary alicyclic amines) is 2. The zero-order valence-electron chi connectivity index (χ0n) is 59.8. The maximum absolute atomic E-state index is 13.1. The number of hydrogen-bond donors (Lipinski definition) is 5. The second-order valence-corrected chi connectivity index (χ2v) is 30.5. The lowest BCUT2D eigenvalue weighted by molar-refractivity contribution is -0.156. The summed E-state index contributed by atoms with van der Waals surface area (Å²) in [5.74, 6) is -0.595. The van der Waals surface area contributed by atoms with E-state index in [-0.39, 0.29) is 77.8 Å². The zero-order valence-corrected chi connectivity index (χ0v) is 65.2. The van der Waals surface area contributed by atoms with Gasteiger partial charge >= 0.3 is 12.3 Å². The first-order valence-corrected chi connectivity index (χ1v) is 37.8. The number of hydrogen-bond acceptors (Lipinski definition) is 24. The van der Waals surface area contributed by atoms with Gasteiger partial charge in [-0.3, -0.25) is 42.5 Å². The van der Waals surface area contributed by atoms with Crippen molar-refractivity contribution in [3.8, 4) is 45.0 Å². The number of benzene rings is 5. The second kappa shape index (κ2) is 35.5. The maximum Gasteiger partial charge on any atom is 0.446 e. The van der Waals surface area contributed by atoms with E-state index in [2.05, 4.69) is 47.7 Å². The second-order valence-electron chi connectivity index (χ2n) is 27.4. The van der Waals surface area contributed by atoms with Gasteiger partial charge in [0.05, 0.1) is 61.7 Å². The monoisotopic (exact) mass is 1700 g/mol. The van der Waals surface area contributed by atoms with Crippen LogP contribution >= 0.6 is 46.1 Å². The number of alkyl halides is 3. The average Bonchev–Trinajstić information content (AvgIpc) is 1.76. The van der Waals surface area contributed by atoms with E-state index in [0.717, 1.165) is 69.8 Å². The number of halogens is 5. The van der Waals surface area contributed by atoms with Gasteiger partial charge in [0.25, 0.3) is 28.1 Å². The number of aromatic nitrogens is 12. The highest BCUT2D eigenvalue weighted by atomic mass is 127. The molecule has 11 heterocycles. The Bertz CT molecular complexity index is 5630. The number of nitrogens with one attached hydrogen (secondary N) is 2. The van der Waals surface area contributed by atoms with Gasteiger partial charge in [0.1, 0.15) is 75.1 Å². The minimum absolute atomic E-state index is 0. The molecule has 3 aliphatic heterocycles. The molecule has 111 heavy (non-hydrogen) atoms. The molecule has 0 spiro atoms. The fraction of sp³-hybridized carbons (Fsp3) is 0.303. The molecule has 578 valence electrons. The highest BCUT2D eigenvalue weighted by Crippen LogP contribution is 2.34. The Kier molecular flexibility index (Phi) is 26.2. The lowest BCUT2D eigenvalue weighted by atomic mass is 9.91. The van der Waals surface area contributed by atoms with Crippen molar-refractivity contribution in [1.82, 2.24) is 71.2 Å². The molecule has 8 aromatic heterocycles. The number of carbonyl (C=O) groups excluding carboxylic acids is 3. The number of aldehydes is 1. The molecule has 0 bridgehead atoms. The fourth-order valence-corrected chi connectivity index (χ4v) is 15.6. The number of amides is 2. The third kappa shape index (κ3) is 20.2. The summed E-state index contributed by atoms with van der Waals surface area (Å²) in [5.41, 5.74) is 5.07. The SMILES string of the molecule is CC(C)(C)OC(=O)N1CCC(O)(Cn2cnc3c(-c4ccccc4)nsc3c2=O)CC1.O=C(c1ccc(F)cc1)N1CCC(O)(Cn2cnc3c(-c4ccccc4)nsc3c2=O)CC1.O=CC(F)(F)F.O=c1[nH]cnc2c(-c3ccccc3)nsc12.O=c1c2snc(-c3ccccc3)c2ncn1CC1(O)CCNCC1.[I-]. The standard InChI is InChI=1S/C24H21FN4O3S.C22H26N4O4S.C17H18N4O2S.C11H7N3OS.C2HF3O.HI/c25-18-8-6-17(7-9-18)22(30)28-12-10-24(32,11-13-28)14-29-15-26-20-19(16-4-2-1-3-5-16)27-33-21(20)23(29)31;1-21(2,3)30-20(28)25-11-9-22(29,10-12-25)13-26-14-23-17-16(15-7-5-4-6-8-15)24-31-18(17)19(26)27;22-16-15-14(13(20-24-15)12-4-2-1-3-5-12)19-11-21(16)10-17(23)6-8-18-9-7-17;15-11-10-9(12-6-13-11)8(14-16-10)7-4-2-1-3-5-7;3-2(4,5)1-6;/h1-9,15,32H,10-14H2;4-8,14,29H,9-13H2,1-3H3;1-5,11,18,23H,6-10H2;1-6H,(H,12,13,15);1H;1H/p-1. The molecule has 16 rings (SSSR count). The molecule has 3 saturated heterocycles. The summed E-state index contributed by atoms with van der Waals surface area (Å²) < 4.78 is 73.8. The van der Waals surface area contributed by atoms with Crippen molar-refractivity contribution in [2.24, 2.45) is 0 Å². The van der Waals surface area contributed by atoms with E-state index in [0.29, 0.717) is 123 Å². The molecule has 5 aromatic carbocycles. The summed E-state index contributed by atoms with van der Waals surface area (Å²) in [6.07, 6.45) is 2.42. The van der Waals surface area contributed by atoms with Gasteiger partial charge in [0.15, 0.2) is 0 Å². The third-order valence-corrected chi connectivity index (χ3v) is 21.6. The quantitative estimate of drug-likeness (QED) is 0.0464. The summed E-state index contributed by atoms with van der Waals surface area (Å²) in [6, 6.07) is 44.1. The molecule has 0 aliphatic carbocycles. The van der Waals surface area contributed by atoms with E-state index >= 15 is 0 Å². The van der Waals surface area contributed by atoms with Crippen LogP contribution < -0.4 is 51.5 Å². The van der Waals surface area contributed by atoms with E-state index in [4.69, 9.17) is 9.53 Å². The van der Waals surface area contributed by atoms with Crippen LogP contribution in [0.2, 0.25) is 0 Å². The van der Waals surface area contributed by atoms with Crippen molar-refractivity contribution in [1.29, 1.82) is 0 Å². The first-order chi connectivity index (χ1) is 52.7. The lowest BCUT2D eigenvalue weighted by Gasteiger charge is -2.38. The minimum Gasteiger partial charge on any atom is -1.00 e. The number of piperidine rings is 3. The lowest BCUT2D eigenvalue weighted by Crippen LogP contribution is -3.00. The van der Waals surface area contributed by atoms with Crippen LogP contribution in [0.3, 0.4) is 0 Å². The number of nitrogens with zero attached hydrogens (tertiary/aromatic N) is 13. The molecule has 2 amide bonds. The maximum atomic E-state index is 13.1. The fourth-order valence-electron chi connectivity index (χ4n) is 12.5. The highest BCUT2D eigenvalue weighted by Gasteiger charge is 2.38. The Morgan fingerprint density at radius 2 is 0.820 bits per heavy atom. The molecule has 0 atom stereocenters. The van der Waals surface area contributed by atoms with Crippen molar-refractivity contribution in [2.75, 3.05) is 39.3 Å². The third-order valence-electron chi connectivity index (χ3n) is 18.3. The first kappa shape index (κ1) is 81.9. The molecule has 3 aliphatic rings. The van der Waals surface area contributed by atoms with Crippen LogP contribution in [0.5, 0.6) is 0 Å². The van der Waals surface area contributed by atoms with Crippen molar-refractivity contribution in [3.63, 3.8) is 0 Å². The van der Waals surface area contributed by atoms with Crippen molar-refractivity contribution in [3.05, 3.63) is 224 Å². The van der Waals surface area contributed by atoms with Crippen molar-refractivity contribution < 1.29 is 76.0 Å². The summed E-state index contributed by atoms with van der Waals surface area (Å²) in [6.45, 7) is 8.90. The number of carbonyl (C=O) groups is 3. The predicted molar refractivity (Wildman–Crippen MR) is 412 cm³/mol. The molecular formula is C76H73F4IN15O11S4-. The summed E-state index contributed by atoms with van der Waals surface area (Å²) >= 11 is 4.58. The van der Waals surface area contributed by atoms with Crippen LogP contribution in [-0.2, 0) is 29.2 Å².